The highest BCUT2D eigenvalue weighted by atomic mass is 127. The van der Waals surface area contributed by atoms with Crippen LogP contribution in [-0.4, -0.2) is 11.0 Å². The fourth-order valence-electron chi connectivity index (χ4n) is 2.00. The zero-order valence-electron chi connectivity index (χ0n) is 10.5. The van der Waals surface area contributed by atoms with Crippen LogP contribution >= 0.6 is 22.6 Å². The minimum Gasteiger partial charge on any atom is -0.359 e. The molecule has 3 N–H and O–H groups in total. The van der Waals surface area contributed by atoms with Crippen LogP contribution in [0.2, 0.25) is 0 Å². The number of aromatic amines is 1. The highest BCUT2D eigenvalue weighted by Gasteiger charge is 2.07. The molecule has 0 spiro atoms. The van der Waals surface area contributed by atoms with Crippen LogP contribution in [0.15, 0.2) is 54.7 Å². The van der Waals surface area contributed by atoms with Gasteiger partial charge in [-0.1, -0.05) is 18.2 Å². The summed E-state index contributed by atoms with van der Waals surface area (Å²) in [6, 6.07) is 15.2. The molecule has 0 bridgehead atoms. The zero-order valence-corrected chi connectivity index (χ0v) is 12.6. The number of amides is 2. The second-order valence-electron chi connectivity index (χ2n) is 4.34. The van der Waals surface area contributed by atoms with Gasteiger partial charge in [-0.05, 0) is 52.9 Å². The van der Waals surface area contributed by atoms with E-state index in [-0.39, 0.29) is 6.03 Å². The van der Waals surface area contributed by atoms with E-state index in [1.807, 2.05) is 48.5 Å². The van der Waals surface area contributed by atoms with E-state index >= 15 is 0 Å². The van der Waals surface area contributed by atoms with Crippen molar-refractivity contribution >= 4 is 50.9 Å². The first-order chi connectivity index (χ1) is 9.72. The predicted octanol–water partition coefficient (Wildman–Crippen LogP) is 4.42. The van der Waals surface area contributed by atoms with E-state index in [9.17, 15) is 4.79 Å². The van der Waals surface area contributed by atoms with Gasteiger partial charge in [0.05, 0.1) is 5.69 Å². The van der Waals surface area contributed by atoms with Crippen molar-refractivity contribution < 1.29 is 4.79 Å². The maximum atomic E-state index is 12.0. The Morgan fingerprint density at radius 3 is 2.65 bits per heavy atom. The van der Waals surface area contributed by atoms with Crippen LogP contribution in [0.5, 0.6) is 0 Å². The molecule has 0 saturated carbocycles. The van der Waals surface area contributed by atoms with Crippen LogP contribution in [0.3, 0.4) is 0 Å². The Morgan fingerprint density at radius 1 is 1.05 bits per heavy atom. The number of urea groups is 1. The summed E-state index contributed by atoms with van der Waals surface area (Å²) in [5.41, 5.74) is 2.53. The fraction of sp³-hybridized carbons (Fsp3) is 0. The molecular weight excluding hydrogens is 365 g/mol. The van der Waals surface area contributed by atoms with Crippen LogP contribution in [-0.2, 0) is 0 Å². The van der Waals surface area contributed by atoms with Crippen molar-refractivity contribution in [3.8, 4) is 0 Å². The first-order valence-corrected chi connectivity index (χ1v) is 7.20. The van der Waals surface area contributed by atoms with Crippen molar-refractivity contribution in [3.63, 3.8) is 0 Å². The van der Waals surface area contributed by atoms with Crippen molar-refractivity contribution in [1.29, 1.82) is 0 Å². The lowest BCUT2D eigenvalue weighted by molar-refractivity contribution is 0.262. The summed E-state index contributed by atoms with van der Waals surface area (Å²) >= 11 is 2.25. The summed E-state index contributed by atoms with van der Waals surface area (Å²) in [6.45, 7) is 0. The number of anilines is 2. The van der Waals surface area contributed by atoms with Crippen molar-refractivity contribution in [2.24, 2.45) is 0 Å². The van der Waals surface area contributed by atoms with E-state index in [0.717, 1.165) is 25.8 Å². The van der Waals surface area contributed by atoms with Gasteiger partial charge in [-0.25, -0.2) is 4.79 Å². The second-order valence-corrected chi connectivity index (χ2v) is 5.58. The molecule has 0 atom stereocenters. The fourth-order valence-corrected chi connectivity index (χ4v) is 2.49. The normalized spacial score (nSPS) is 10.4. The molecule has 0 aliphatic carbocycles. The molecule has 0 fully saturated rings. The van der Waals surface area contributed by atoms with Crippen molar-refractivity contribution in [3.05, 3.63) is 58.3 Å². The van der Waals surface area contributed by atoms with Crippen LogP contribution in [0.25, 0.3) is 10.9 Å². The number of halogens is 1. The van der Waals surface area contributed by atoms with Gasteiger partial charge in [0.1, 0.15) is 0 Å². The smallest absolute Gasteiger partial charge is 0.323 e. The summed E-state index contributed by atoms with van der Waals surface area (Å²) in [6.07, 6.45) is 1.80. The average Bonchev–Trinajstić information content (AvgIpc) is 2.82. The van der Waals surface area contributed by atoms with Crippen molar-refractivity contribution in [1.82, 2.24) is 4.98 Å². The SMILES string of the molecule is O=C(Nc1ccccc1)Nc1c[nH]c2ccc(I)cc12. The quantitative estimate of drug-likeness (QED) is 0.569. The van der Waals surface area contributed by atoms with E-state index in [1.54, 1.807) is 6.20 Å². The molecule has 2 amide bonds. The molecule has 1 aromatic heterocycles. The second kappa shape index (κ2) is 5.54. The number of hydrogen-bond donors (Lipinski definition) is 3. The topological polar surface area (TPSA) is 56.9 Å². The molecule has 1 heterocycles. The molecule has 0 unspecified atom stereocenters. The number of fused-ring (bicyclic) bond motifs is 1. The summed E-state index contributed by atoms with van der Waals surface area (Å²) in [5, 5.41) is 6.65. The third-order valence-corrected chi connectivity index (χ3v) is 3.59. The van der Waals surface area contributed by atoms with Crippen molar-refractivity contribution in [2.75, 3.05) is 10.6 Å². The lowest BCUT2D eigenvalue weighted by Gasteiger charge is -2.06. The summed E-state index contributed by atoms with van der Waals surface area (Å²) in [4.78, 5) is 15.1. The number of rotatable bonds is 2. The molecule has 0 aliphatic heterocycles. The van der Waals surface area contributed by atoms with Gasteiger partial charge in [0.2, 0.25) is 0 Å². The Labute approximate surface area is 129 Å². The molecule has 3 aromatic rings. The van der Waals surface area contributed by atoms with E-state index in [1.165, 1.54) is 0 Å². The Hall–Kier alpha value is -2.02. The lowest BCUT2D eigenvalue weighted by atomic mass is 10.2. The number of hydrogen-bond acceptors (Lipinski definition) is 1. The van der Waals surface area contributed by atoms with E-state index in [2.05, 4.69) is 38.2 Å². The third-order valence-electron chi connectivity index (χ3n) is 2.92. The third kappa shape index (κ3) is 2.77. The van der Waals surface area contributed by atoms with Crippen LogP contribution in [0.1, 0.15) is 0 Å². The molecule has 4 nitrogen and oxygen atoms in total. The molecule has 100 valence electrons. The van der Waals surface area contributed by atoms with Gasteiger partial charge in [-0.2, -0.15) is 0 Å². The van der Waals surface area contributed by atoms with E-state index < -0.39 is 0 Å². The number of benzene rings is 2. The highest BCUT2D eigenvalue weighted by Crippen LogP contribution is 2.25. The van der Waals surface area contributed by atoms with Crippen molar-refractivity contribution in [2.45, 2.75) is 0 Å². The van der Waals surface area contributed by atoms with Crippen LogP contribution in [0.4, 0.5) is 16.2 Å². The molecule has 0 radical (unpaired) electrons. The van der Waals surface area contributed by atoms with Gasteiger partial charge in [0.15, 0.2) is 0 Å². The first-order valence-electron chi connectivity index (χ1n) is 6.12. The van der Waals surface area contributed by atoms with Gasteiger partial charge < -0.3 is 15.6 Å². The largest absolute Gasteiger partial charge is 0.359 e. The number of carbonyl (C=O) groups excluding carboxylic acids is 1. The monoisotopic (exact) mass is 377 g/mol. The average molecular weight is 377 g/mol. The van der Waals surface area contributed by atoms with E-state index in [4.69, 9.17) is 0 Å². The maximum Gasteiger partial charge on any atom is 0.323 e. The highest BCUT2D eigenvalue weighted by molar-refractivity contribution is 14.1. The number of H-pyrrole nitrogens is 1. The molecule has 5 heteroatoms. The van der Waals surface area contributed by atoms with Gasteiger partial charge in [0, 0.05) is 26.4 Å². The maximum absolute atomic E-state index is 12.0. The summed E-state index contributed by atoms with van der Waals surface area (Å²) in [5.74, 6) is 0. The number of aromatic nitrogens is 1. The Kier molecular flexibility index (Phi) is 3.60. The summed E-state index contributed by atoms with van der Waals surface area (Å²) < 4.78 is 1.13. The minimum absolute atomic E-state index is 0.254. The predicted molar refractivity (Wildman–Crippen MR) is 90.1 cm³/mol. The molecule has 20 heavy (non-hydrogen) atoms. The number of para-hydroxylation sites is 1. The number of carbonyl (C=O) groups is 1. The zero-order chi connectivity index (χ0) is 13.9. The summed E-state index contributed by atoms with van der Waals surface area (Å²) in [7, 11) is 0. The molecule has 2 aromatic carbocycles. The standard InChI is InChI=1S/C15H12IN3O/c16-10-6-7-13-12(8-10)14(9-17-13)19-15(20)18-11-4-2-1-3-5-11/h1-9,17H,(H2,18,19,20). The van der Waals surface area contributed by atoms with Gasteiger partial charge in [-0.3, -0.25) is 0 Å². The van der Waals surface area contributed by atoms with Crippen LogP contribution in [0, 0.1) is 3.57 Å². The Balaban J connectivity index is 1.79. The van der Waals surface area contributed by atoms with Gasteiger partial charge in [-0.15, -0.1) is 0 Å². The van der Waals surface area contributed by atoms with Gasteiger partial charge >= 0.3 is 6.03 Å². The Morgan fingerprint density at radius 2 is 1.85 bits per heavy atom. The van der Waals surface area contributed by atoms with E-state index in [0.29, 0.717) is 0 Å². The molecule has 0 saturated heterocycles. The first kappa shape index (κ1) is 13.0. The molecule has 3 rings (SSSR count). The van der Waals surface area contributed by atoms with Crippen LogP contribution < -0.4 is 10.6 Å². The van der Waals surface area contributed by atoms with Gasteiger partial charge in [0.25, 0.3) is 0 Å². The lowest BCUT2D eigenvalue weighted by Crippen LogP contribution is -2.19. The molecule has 0 aliphatic rings. The Bertz CT molecular complexity index is 752. The molecular formula is C15H12IN3O. The number of nitrogens with one attached hydrogen (secondary N) is 3. The minimum atomic E-state index is -0.254.